The van der Waals surface area contributed by atoms with Crippen LogP contribution in [0.1, 0.15) is 18.9 Å². The molecule has 14 heavy (non-hydrogen) atoms. The molecule has 0 aliphatic rings. The molecule has 0 unspecified atom stereocenters. The number of nitrogens with zero attached hydrogens (tertiary/aromatic N) is 2. The largest absolute Gasteiger partial charge is 0.330 e. The second kappa shape index (κ2) is 5.02. The number of nitrogens with two attached hydrogens (primary N) is 1. The van der Waals surface area contributed by atoms with Gasteiger partial charge in [-0.25, -0.2) is 0 Å². The van der Waals surface area contributed by atoms with Gasteiger partial charge in [0.05, 0.1) is 0 Å². The van der Waals surface area contributed by atoms with Crippen molar-refractivity contribution in [3.8, 4) is 0 Å². The van der Waals surface area contributed by atoms with Crippen LogP contribution in [0.5, 0.6) is 0 Å². The first-order valence-corrected chi connectivity index (χ1v) is 5.28. The molecule has 5 nitrogen and oxygen atoms in total. The molecular weight excluding hydrogens is 200 g/mol. The van der Waals surface area contributed by atoms with E-state index in [0.29, 0.717) is 18.1 Å². The van der Waals surface area contributed by atoms with Gasteiger partial charge < -0.3 is 11.1 Å². The number of aromatic nitrogens is 2. The average molecular weight is 214 g/mol. The van der Waals surface area contributed by atoms with Crippen LogP contribution in [0.15, 0.2) is 0 Å². The molecule has 0 radical (unpaired) electrons. The van der Waals surface area contributed by atoms with E-state index < -0.39 is 0 Å². The molecule has 1 heterocycles. The zero-order chi connectivity index (χ0) is 10.6. The zero-order valence-electron chi connectivity index (χ0n) is 8.28. The van der Waals surface area contributed by atoms with Crippen LogP contribution in [-0.4, -0.2) is 22.6 Å². The first-order valence-electron chi connectivity index (χ1n) is 4.46. The van der Waals surface area contributed by atoms with Gasteiger partial charge in [0.1, 0.15) is 5.01 Å². The Morgan fingerprint density at radius 2 is 2.29 bits per heavy atom. The maximum absolute atomic E-state index is 11.3. The summed E-state index contributed by atoms with van der Waals surface area (Å²) in [5.41, 5.74) is 5.37. The molecular formula is C8H14N4OS. The van der Waals surface area contributed by atoms with Crippen LogP contribution in [0.3, 0.4) is 0 Å². The molecule has 6 heteroatoms. The van der Waals surface area contributed by atoms with Gasteiger partial charge in [-0.2, -0.15) is 0 Å². The van der Waals surface area contributed by atoms with Crippen molar-refractivity contribution < 1.29 is 4.79 Å². The second-order valence-electron chi connectivity index (χ2n) is 3.18. The minimum Gasteiger partial charge on any atom is -0.330 e. The Kier molecular flexibility index (Phi) is 3.97. The first kappa shape index (κ1) is 11.1. The maximum atomic E-state index is 11.3. The van der Waals surface area contributed by atoms with E-state index in [9.17, 15) is 4.79 Å². The number of hydrogen-bond acceptors (Lipinski definition) is 5. The van der Waals surface area contributed by atoms with Gasteiger partial charge in [0.15, 0.2) is 0 Å². The van der Waals surface area contributed by atoms with Gasteiger partial charge in [-0.1, -0.05) is 25.2 Å². The van der Waals surface area contributed by atoms with Crippen LogP contribution >= 0.6 is 11.3 Å². The standard InChI is InChI=1S/C8H14N4OS/c1-5(2)7(13)10-8-12-11-6(14-8)3-4-9/h5H,3-4,9H2,1-2H3,(H,10,12,13). The number of nitrogens with one attached hydrogen (secondary N) is 1. The summed E-state index contributed by atoms with van der Waals surface area (Å²) in [4.78, 5) is 11.3. The van der Waals surface area contributed by atoms with Crippen LogP contribution < -0.4 is 11.1 Å². The van der Waals surface area contributed by atoms with E-state index in [2.05, 4.69) is 15.5 Å². The summed E-state index contributed by atoms with van der Waals surface area (Å²) in [5.74, 6) is -0.0858. The van der Waals surface area contributed by atoms with Gasteiger partial charge in [0.2, 0.25) is 11.0 Å². The Labute approximate surface area is 86.7 Å². The predicted molar refractivity (Wildman–Crippen MR) is 56.1 cm³/mol. The molecule has 1 aromatic heterocycles. The number of amides is 1. The van der Waals surface area contributed by atoms with E-state index in [-0.39, 0.29) is 11.8 Å². The quantitative estimate of drug-likeness (QED) is 0.770. The molecule has 0 aliphatic heterocycles. The first-order chi connectivity index (χ1) is 6.63. The Balaban J connectivity index is 2.55. The summed E-state index contributed by atoms with van der Waals surface area (Å²) >= 11 is 1.37. The monoisotopic (exact) mass is 214 g/mol. The van der Waals surface area contributed by atoms with Gasteiger partial charge in [-0.05, 0) is 6.54 Å². The van der Waals surface area contributed by atoms with Crippen molar-refractivity contribution in [3.05, 3.63) is 5.01 Å². The fourth-order valence-corrected chi connectivity index (χ4v) is 1.54. The third kappa shape index (κ3) is 3.04. The Morgan fingerprint density at radius 1 is 1.57 bits per heavy atom. The van der Waals surface area contributed by atoms with Crippen molar-refractivity contribution in [1.29, 1.82) is 0 Å². The van der Waals surface area contributed by atoms with E-state index in [1.165, 1.54) is 11.3 Å². The van der Waals surface area contributed by atoms with Gasteiger partial charge in [0, 0.05) is 12.3 Å². The lowest BCUT2D eigenvalue weighted by Crippen LogP contribution is -2.17. The Bertz CT molecular complexity index is 310. The molecule has 3 N–H and O–H groups in total. The second-order valence-corrected chi connectivity index (χ2v) is 4.25. The van der Waals surface area contributed by atoms with Crippen molar-refractivity contribution in [2.45, 2.75) is 20.3 Å². The molecule has 0 aromatic carbocycles. The van der Waals surface area contributed by atoms with Gasteiger partial charge in [-0.15, -0.1) is 10.2 Å². The number of hydrogen-bond donors (Lipinski definition) is 2. The van der Waals surface area contributed by atoms with E-state index in [0.717, 1.165) is 5.01 Å². The highest BCUT2D eigenvalue weighted by molar-refractivity contribution is 7.15. The van der Waals surface area contributed by atoms with Gasteiger partial charge in [-0.3, -0.25) is 4.79 Å². The molecule has 1 aromatic rings. The lowest BCUT2D eigenvalue weighted by Gasteiger charge is -2.02. The molecule has 0 saturated carbocycles. The summed E-state index contributed by atoms with van der Waals surface area (Å²) < 4.78 is 0. The van der Waals surface area contributed by atoms with Gasteiger partial charge >= 0.3 is 0 Å². The van der Waals surface area contributed by atoms with Crippen LogP contribution in [-0.2, 0) is 11.2 Å². The highest BCUT2D eigenvalue weighted by atomic mass is 32.1. The highest BCUT2D eigenvalue weighted by Crippen LogP contribution is 2.15. The molecule has 0 atom stereocenters. The average Bonchev–Trinajstić information content (AvgIpc) is 2.53. The third-order valence-electron chi connectivity index (χ3n) is 1.58. The van der Waals surface area contributed by atoms with Crippen molar-refractivity contribution in [2.24, 2.45) is 11.7 Å². The van der Waals surface area contributed by atoms with E-state index >= 15 is 0 Å². The molecule has 0 bridgehead atoms. The summed E-state index contributed by atoms with van der Waals surface area (Å²) in [7, 11) is 0. The lowest BCUT2D eigenvalue weighted by atomic mass is 10.2. The van der Waals surface area contributed by atoms with E-state index in [4.69, 9.17) is 5.73 Å². The smallest absolute Gasteiger partial charge is 0.228 e. The van der Waals surface area contributed by atoms with Crippen LogP contribution in [0.25, 0.3) is 0 Å². The molecule has 1 amide bonds. The van der Waals surface area contributed by atoms with E-state index in [1.54, 1.807) is 0 Å². The SMILES string of the molecule is CC(C)C(=O)Nc1nnc(CCN)s1. The topological polar surface area (TPSA) is 80.9 Å². The molecule has 1 rings (SSSR count). The van der Waals surface area contributed by atoms with Crippen LogP contribution in [0.4, 0.5) is 5.13 Å². The molecule has 0 saturated heterocycles. The fourth-order valence-electron chi connectivity index (χ4n) is 0.778. The molecule has 78 valence electrons. The Hall–Kier alpha value is -1.01. The van der Waals surface area contributed by atoms with Crippen molar-refractivity contribution in [2.75, 3.05) is 11.9 Å². The van der Waals surface area contributed by atoms with Crippen molar-refractivity contribution >= 4 is 22.4 Å². The maximum Gasteiger partial charge on any atom is 0.228 e. The summed E-state index contributed by atoms with van der Waals surface area (Å²) in [6.07, 6.45) is 0.704. The molecule has 0 aliphatic carbocycles. The number of anilines is 1. The minimum atomic E-state index is -0.0446. The number of carbonyl (C=O) groups is 1. The fraction of sp³-hybridized carbons (Fsp3) is 0.625. The highest BCUT2D eigenvalue weighted by Gasteiger charge is 2.10. The van der Waals surface area contributed by atoms with Crippen LogP contribution in [0.2, 0.25) is 0 Å². The number of rotatable bonds is 4. The Morgan fingerprint density at radius 3 is 2.86 bits per heavy atom. The third-order valence-corrected chi connectivity index (χ3v) is 2.48. The summed E-state index contributed by atoms with van der Waals surface area (Å²) in [6.45, 7) is 4.21. The van der Waals surface area contributed by atoms with Gasteiger partial charge in [0.25, 0.3) is 0 Å². The van der Waals surface area contributed by atoms with Crippen molar-refractivity contribution in [3.63, 3.8) is 0 Å². The van der Waals surface area contributed by atoms with Crippen LogP contribution in [0, 0.1) is 5.92 Å². The summed E-state index contributed by atoms with van der Waals surface area (Å²) in [5, 5.41) is 11.8. The predicted octanol–water partition coefficient (Wildman–Crippen LogP) is 0.634. The molecule has 0 spiro atoms. The summed E-state index contributed by atoms with van der Waals surface area (Å²) in [6, 6.07) is 0. The minimum absolute atomic E-state index is 0.0413. The lowest BCUT2D eigenvalue weighted by molar-refractivity contribution is -0.118. The zero-order valence-corrected chi connectivity index (χ0v) is 9.10. The van der Waals surface area contributed by atoms with E-state index in [1.807, 2.05) is 13.8 Å². The normalized spacial score (nSPS) is 10.6. The molecule has 0 fully saturated rings. The number of carbonyl (C=O) groups excluding carboxylic acids is 1. The van der Waals surface area contributed by atoms with Crippen molar-refractivity contribution in [1.82, 2.24) is 10.2 Å².